The van der Waals surface area contributed by atoms with E-state index in [2.05, 4.69) is 19.1 Å². The lowest BCUT2D eigenvalue weighted by Crippen LogP contribution is -2.44. The van der Waals surface area contributed by atoms with E-state index in [4.69, 9.17) is 5.73 Å². The lowest BCUT2D eigenvalue weighted by molar-refractivity contribution is 0.0923. The van der Waals surface area contributed by atoms with Crippen molar-refractivity contribution in [1.82, 2.24) is 0 Å². The topological polar surface area (TPSA) is 46.2 Å². The third-order valence-electron chi connectivity index (χ3n) is 3.74. The number of aliphatic hydroxyl groups is 1. The Morgan fingerprint density at radius 3 is 2.35 bits per heavy atom. The van der Waals surface area contributed by atoms with Crippen molar-refractivity contribution >= 4 is 0 Å². The summed E-state index contributed by atoms with van der Waals surface area (Å²) in [6.45, 7) is 4.54. The highest BCUT2D eigenvalue weighted by atomic mass is 16.3. The smallest absolute Gasteiger partial charge is 0.0620 e. The first-order valence-electron chi connectivity index (χ1n) is 6.61. The van der Waals surface area contributed by atoms with E-state index in [0.29, 0.717) is 6.54 Å². The molecule has 1 aromatic rings. The number of aliphatic hydroxyl groups excluding tert-OH is 1. The first-order chi connectivity index (χ1) is 8.17. The van der Waals surface area contributed by atoms with E-state index >= 15 is 0 Å². The second-order valence-corrected chi connectivity index (χ2v) is 4.86. The van der Waals surface area contributed by atoms with Gasteiger partial charge in [0.25, 0.3) is 0 Å². The Morgan fingerprint density at radius 2 is 1.88 bits per heavy atom. The van der Waals surface area contributed by atoms with Crippen molar-refractivity contribution < 1.29 is 5.11 Å². The van der Waals surface area contributed by atoms with Crippen LogP contribution in [0, 0.1) is 0 Å². The number of hydrogen-bond acceptors (Lipinski definition) is 2. The van der Waals surface area contributed by atoms with Crippen LogP contribution in [-0.4, -0.2) is 17.8 Å². The summed E-state index contributed by atoms with van der Waals surface area (Å²) >= 11 is 0. The van der Waals surface area contributed by atoms with Crippen molar-refractivity contribution in [2.75, 3.05) is 6.54 Å². The van der Waals surface area contributed by atoms with Crippen LogP contribution >= 0.6 is 0 Å². The standard InChI is InChI=1S/C15H25NO/c1-3-4-8-11-15(12-16,13(2)17)14-9-6-5-7-10-14/h5-7,9-10,13,17H,3-4,8,11-12,16H2,1-2H3. The van der Waals surface area contributed by atoms with E-state index < -0.39 is 6.10 Å². The highest BCUT2D eigenvalue weighted by molar-refractivity contribution is 5.27. The number of rotatable bonds is 7. The van der Waals surface area contributed by atoms with Crippen LogP contribution in [0.1, 0.15) is 45.1 Å². The van der Waals surface area contributed by atoms with Gasteiger partial charge < -0.3 is 10.8 Å². The van der Waals surface area contributed by atoms with Gasteiger partial charge in [-0.25, -0.2) is 0 Å². The Morgan fingerprint density at radius 1 is 1.24 bits per heavy atom. The van der Waals surface area contributed by atoms with Crippen molar-refractivity contribution in [2.24, 2.45) is 5.73 Å². The van der Waals surface area contributed by atoms with Crippen LogP contribution in [0.25, 0.3) is 0 Å². The summed E-state index contributed by atoms with van der Waals surface area (Å²) in [5.74, 6) is 0. The quantitative estimate of drug-likeness (QED) is 0.714. The maximum atomic E-state index is 10.1. The van der Waals surface area contributed by atoms with Crippen LogP contribution in [-0.2, 0) is 5.41 Å². The minimum Gasteiger partial charge on any atom is -0.392 e. The van der Waals surface area contributed by atoms with E-state index in [1.807, 2.05) is 25.1 Å². The minimum absolute atomic E-state index is 0.281. The summed E-state index contributed by atoms with van der Waals surface area (Å²) in [6, 6.07) is 10.2. The van der Waals surface area contributed by atoms with E-state index in [9.17, 15) is 5.11 Å². The van der Waals surface area contributed by atoms with Crippen molar-refractivity contribution in [2.45, 2.75) is 51.0 Å². The molecule has 0 spiro atoms. The van der Waals surface area contributed by atoms with Gasteiger partial charge in [0.05, 0.1) is 6.10 Å². The van der Waals surface area contributed by atoms with Gasteiger partial charge in [0.2, 0.25) is 0 Å². The van der Waals surface area contributed by atoms with Crippen molar-refractivity contribution in [1.29, 1.82) is 0 Å². The van der Waals surface area contributed by atoms with E-state index in [1.54, 1.807) is 0 Å². The molecule has 2 unspecified atom stereocenters. The fourth-order valence-electron chi connectivity index (χ4n) is 2.45. The SMILES string of the molecule is CCCCCC(CN)(c1ccccc1)C(C)O. The Bertz CT molecular complexity index is 310. The summed E-state index contributed by atoms with van der Waals surface area (Å²) in [5.41, 5.74) is 6.84. The average molecular weight is 235 g/mol. The van der Waals surface area contributed by atoms with E-state index in [1.165, 1.54) is 12.8 Å². The Labute approximate surface area is 105 Å². The van der Waals surface area contributed by atoms with Gasteiger partial charge in [-0.15, -0.1) is 0 Å². The molecule has 0 heterocycles. The third kappa shape index (κ3) is 3.30. The molecular formula is C15H25NO. The normalized spacial score (nSPS) is 16.5. The van der Waals surface area contributed by atoms with E-state index in [-0.39, 0.29) is 5.41 Å². The van der Waals surface area contributed by atoms with Crippen LogP contribution in [0.15, 0.2) is 30.3 Å². The first kappa shape index (κ1) is 14.2. The molecule has 0 radical (unpaired) electrons. The molecule has 0 saturated carbocycles. The molecule has 17 heavy (non-hydrogen) atoms. The lowest BCUT2D eigenvalue weighted by Gasteiger charge is -2.36. The summed E-state index contributed by atoms with van der Waals surface area (Å²) in [5, 5.41) is 10.1. The molecule has 96 valence electrons. The zero-order valence-corrected chi connectivity index (χ0v) is 11.0. The number of hydrogen-bond donors (Lipinski definition) is 2. The molecule has 1 aromatic carbocycles. The fourth-order valence-corrected chi connectivity index (χ4v) is 2.45. The summed E-state index contributed by atoms with van der Waals surface area (Å²) in [7, 11) is 0. The van der Waals surface area contributed by atoms with Gasteiger partial charge in [-0.3, -0.25) is 0 Å². The number of benzene rings is 1. The van der Waals surface area contributed by atoms with Gasteiger partial charge in [-0.2, -0.15) is 0 Å². The van der Waals surface area contributed by atoms with Crippen LogP contribution in [0.4, 0.5) is 0 Å². The zero-order valence-electron chi connectivity index (χ0n) is 11.0. The van der Waals surface area contributed by atoms with Crippen molar-refractivity contribution in [3.05, 3.63) is 35.9 Å². The van der Waals surface area contributed by atoms with Gasteiger partial charge >= 0.3 is 0 Å². The van der Waals surface area contributed by atoms with Gasteiger partial charge in [0, 0.05) is 12.0 Å². The molecule has 0 aliphatic carbocycles. The van der Waals surface area contributed by atoms with Crippen molar-refractivity contribution in [3.8, 4) is 0 Å². The summed E-state index contributed by atoms with van der Waals surface area (Å²) in [6.07, 6.45) is 4.05. The lowest BCUT2D eigenvalue weighted by atomic mass is 9.72. The molecule has 0 bridgehead atoms. The average Bonchev–Trinajstić information content (AvgIpc) is 2.36. The van der Waals surface area contributed by atoms with Crippen LogP contribution in [0.5, 0.6) is 0 Å². The van der Waals surface area contributed by atoms with Crippen molar-refractivity contribution in [3.63, 3.8) is 0 Å². The van der Waals surface area contributed by atoms with Gasteiger partial charge in [0.15, 0.2) is 0 Å². The van der Waals surface area contributed by atoms with Crippen LogP contribution in [0.2, 0.25) is 0 Å². The highest BCUT2D eigenvalue weighted by Crippen LogP contribution is 2.32. The fraction of sp³-hybridized carbons (Fsp3) is 0.600. The predicted octanol–water partition coefficient (Wildman–Crippen LogP) is 2.84. The monoisotopic (exact) mass is 235 g/mol. The molecular weight excluding hydrogens is 210 g/mol. The number of unbranched alkanes of at least 4 members (excludes halogenated alkanes) is 2. The molecule has 0 aromatic heterocycles. The zero-order chi connectivity index (χ0) is 12.7. The van der Waals surface area contributed by atoms with Crippen LogP contribution in [0.3, 0.4) is 0 Å². The molecule has 0 saturated heterocycles. The Hall–Kier alpha value is -0.860. The molecule has 0 aliphatic rings. The molecule has 0 amide bonds. The molecule has 1 rings (SSSR count). The van der Waals surface area contributed by atoms with E-state index in [0.717, 1.165) is 18.4 Å². The maximum absolute atomic E-state index is 10.1. The predicted molar refractivity (Wildman–Crippen MR) is 73.0 cm³/mol. The maximum Gasteiger partial charge on any atom is 0.0620 e. The molecule has 3 N–H and O–H groups in total. The summed E-state index contributed by atoms with van der Waals surface area (Å²) in [4.78, 5) is 0. The molecule has 2 nitrogen and oxygen atoms in total. The Kier molecular flexibility index (Phi) is 5.66. The summed E-state index contributed by atoms with van der Waals surface area (Å²) < 4.78 is 0. The largest absolute Gasteiger partial charge is 0.392 e. The van der Waals surface area contributed by atoms with Crippen LogP contribution < -0.4 is 5.73 Å². The Balaban J connectivity index is 2.92. The third-order valence-corrected chi connectivity index (χ3v) is 3.74. The first-order valence-corrected chi connectivity index (χ1v) is 6.61. The van der Waals surface area contributed by atoms with Gasteiger partial charge in [-0.05, 0) is 18.9 Å². The molecule has 2 atom stereocenters. The molecule has 0 aliphatic heterocycles. The van der Waals surface area contributed by atoms with Gasteiger partial charge in [0.1, 0.15) is 0 Å². The minimum atomic E-state index is -0.410. The highest BCUT2D eigenvalue weighted by Gasteiger charge is 2.35. The molecule has 0 fully saturated rings. The second kappa shape index (κ2) is 6.77. The number of nitrogens with two attached hydrogens (primary N) is 1. The second-order valence-electron chi connectivity index (χ2n) is 4.86. The van der Waals surface area contributed by atoms with Gasteiger partial charge in [-0.1, -0.05) is 56.5 Å². The molecule has 2 heteroatoms.